The molecular weight excluding hydrogens is 384 g/mol. The Kier molecular flexibility index (Phi) is 6.63. The molecule has 1 aromatic heterocycles. The topological polar surface area (TPSA) is 87.8 Å². The zero-order chi connectivity index (χ0) is 21.0. The summed E-state index contributed by atoms with van der Waals surface area (Å²) in [6.45, 7) is 6.43. The average molecular weight is 413 g/mol. The van der Waals surface area contributed by atoms with Gasteiger partial charge in [-0.15, -0.1) is 0 Å². The van der Waals surface area contributed by atoms with Crippen molar-refractivity contribution >= 4 is 28.6 Å². The molecule has 1 aromatic carbocycles. The first-order valence-electron chi connectivity index (χ1n) is 10.2. The number of hydrogen-bond acceptors (Lipinski definition) is 5. The number of carbonyl (C=O) groups excluding carboxylic acids is 1. The summed E-state index contributed by atoms with van der Waals surface area (Å²) in [4.78, 5) is 30.6. The fourth-order valence-electron chi connectivity index (χ4n) is 3.73. The third-order valence-corrected chi connectivity index (χ3v) is 6.40. The smallest absolute Gasteiger partial charge is 0.262 e. The predicted molar refractivity (Wildman–Crippen MR) is 116 cm³/mol. The lowest BCUT2D eigenvalue weighted by molar-refractivity contribution is -0.121. The second kappa shape index (κ2) is 9.00. The Hall–Kier alpha value is -2.33. The van der Waals surface area contributed by atoms with Gasteiger partial charge in [-0.25, -0.2) is 4.98 Å². The first-order chi connectivity index (χ1) is 13.8. The maximum atomic E-state index is 13.0. The minimum Gasteiger partial charge on any atom is -0.337 e. The van der Waals surface area contributed by atoms with Crippen LogP contribution < -0.4 is 10.9 Å². The first kappa shape index (κ1) is 21.4. The molecule has 2 aromatic rings. The number of thioether (sulfide) groups is 1. The zero-order valence-electron chi connectivity index (χ0n) is 17.3. The number of nitriles is 1. The van der Waals surface area contributed by atoms with Crippen LogP contribution in [0.2, 0.25) is 0 Å². The quantitative estimate of drug-likeness (QED) is 0.575. The van der Waals surface area contributed by atoms with E-state index in [0.29, 0.717) is 35.4 Å². The molecule has 29 heavy (non-hydrogen) atoms. The molecule has 1 N–H and O–H groups in total. The lowest BCUT2D eigenvalue weighted by Gasteiger charge is -2.32. The summed E-state index contributed by atoms with van der Waals surface area (Å²) in [6, 6.07) is 9.61. The second-order valence-corrected chi connectivity index (χ2v) is 9.53. The van der Waals surface area contributed by atoms with Gasteiger partial charge in [0.15, 0.2) is 5.16 Å². The highest BCUT2D eigenvalue weighted by atomic mass is 32.2. The highest BCUT2D eigenvalue weighted by Gasteiger charge is 2.35. The van der Waals surface area contributed by atoms with Crippen LogP contribution in [-0.4, -0.2) is 26.2 Å². The van der Waals surface area contributed by atoms with E-state index in [0.717, 1.165) is 19.3 Å². The van der Waals surface area contributed by atoms with Gasteiger partial charge in [0.2, 0.25) is 5.91 Å². The Bertz CT molecular complexity index is 986. The van der Waals surface area contributed by atoms with Crippen molar-refractivity contribution in [2.24, 2.45) is 5.92 Å². The van der Waals surface area contributed by atoms with Crippen molar-refractivity contribution in [3.63, 3.8) is 0 Å². The summed E-state index contributed by atoms with van der Waals surface area (Å²) < 4.78 is 1.67. The van der Waals surface area contributed by atoms with Crippen molar-refractivity contribution in [3.8, 4) is 6.07 Å². The van der Waals surface area contributed by atoms with E-state index in [1.807, 2.05) is 32.0 Å². The van der Waals surface area contributed by atoms with E-state index >= 15 is 0 Å². The van der Waals surface area contributed by atoms with Crippen molar-refractivity contribution in [3.05, 3.63) is 34.6 Å². The molecule has 1 fully saturated rings. The van der Waals surface area contributed by atoms with E-state index in [-0.39, 0.29) is 17.4 Å². The molecule has 1 amide bonds. The van der Waals surface area contributed by atoms with Gasteiger partial charge in [-0.3, -0.25) is 14.2 Å². The Morgan fingerprint density at radius 3 is 2.62 bits per heavy atom. The highest BCUT2D eigenvalue weighted by molar-refractivity contribution is 8.00. The van der Waals surface area contributed by atoms with Crippen LogP contribution in [-0.2, 0) is 11.3 Å². The number of benzene rings is 1. The molecule has 7 heteroatoms. The van der Waals surface area contributed by atoms with E-state index in [1.54, 1.807) is 17.6 Å². The molecule has 0 spiro atoms. The lowest BCUT2D eigenvalue weighted by Crippen LogP contribution is -2.51. The third kappa shape index (κ3) is 4.81. The van der Waals surface area contributed by atoms with Gasteiger partial charge in [0.1, 0.15) is 5.54 Å². The van der Waals surface area contributed by atoms with E-state index in [9.17, 15) is 14.9 Å². The molecule has 0 unspecified atom stereocenters. The highest BCUT2D eigenvalue weighted by Crippen LogP contribution is 2.29. The van der Waals surface area contributed by atoms with Crippen LogP contribution in [0, 0.1) is 17.2 Å². The van der Waals surface area contributed by atoms with Gasteiger partial charge in [0.05, 0.1) is 22.2 Å². The maximum absolute atomic E-state index is 13.0. The average Bonchev–Trinajstić information content (AvgIpc) is 2.71. The van der Waals surface area contributed by atoms with Crippen LogP contribution in [0.25, 0.3) is 10.9 Å². The van der Waals surface area contributed by atoms with Crippen molar-refractivity contribution < 1.29 is 4.79 Å². The van der Waals surface area contributed by atoms with Gasteiger partial charge in [-0.1, -0.05) is 57.0 Å². The summed E-state index contributed by atoms with van der Waals surface area (Å²) in [5.41, 5.74) is -0.216. The molecule has 154 valence electrons. The standard InChI is InChI=1S/C22H28N4O2S/c1-15(2)13-26-20(28)17-9-5-6-10-18(17)24-21(26)29-16(3)19(27)25-22(14-23)11-7-4-8-12-22/h5-6,9-10,15-16H,4,7-8,11-13H2,1-3H3,(H,25,27)/t16-/m1/s1. The van der Waals surface area contributed by atoms with Gasteiger partial charge < -0.3 is 5.32 Å². The van der Waals surface area contributed by atoms with E-state index in [2.05, 4.69) is 16.4 Å². The number of fused-ring (bicyclic) bond motifs is 1. The number of hydrogen-bond donors (Lipinski definition) is 1. The van der Waals surface area contributed by atoms with Gasteiger partial charge in [-0.05, 0) is 37.8 Å². The molecule has 0 saturated heterocycles. The molecule has 3 rings (SSSR count). The molecule has 6 nitrogen and oxygen atoms in total. The van der Waals surface area contributed by atoms with Crippen molar-refractivity contribution in [1.82, 2.24) is 14.9 Å². The molecule has 1 aliphatic rings. The van der Waals surface area contributed by atoms with E-state index < -0.39 is 10.8 Å². The lowest BCUT2D eigenvalue weighted by atomic mass is 9.83. The Morgan fingerprint density at radius 1 is 1.28 bits per heavy atom. The van der Waals surface area contributed by atoms with Crippen molar-refractivity contribution in [2.75, 3.05) is 0 Å². The van der Waals surface area contributed by atoms with Crippen molar-refractivity contribution in [2.45, 2.75) is 75.4 Å². The number of aromatic nitrogens is 2. The summed E-state index contributed by atoms with van der Waals surface area (Å²) in [5, 5.41) is 13.3. The molecule has 1 aliphatic carbocycles. The summed E-state index contributed by atoms with van der Waals surface area (Å²) in [5.74, 6) is 0.0835. The van der Waals surface area contributed by atoms with Crippen LogP contribution in [0.4, 0.5) is 0 Å². The van der Waals surface area contributed by atoms with Gasteiger partial charge in [0, 0.05) is 6.54 Å². The number of nitrogens with one attached hydrogen (secondary N) is 1. The summed E-state index contributed by atoms with van der Waals surface area (Å²) >= 11 is 1.28. The van der Waals surface area contributed by atoms with Crippen molar-refractivity contribution in [1.29, 1.82) is 5.26 Å². The van der Waals surface area contributed by atoms with Gasteiger partial charge in [0.25, 0.3) is 5.56 Å². The number of amides is 1. The Morgan fingerprint density at radius 2 is 1.97 bits per heavy atom. The Balaban J connectivity index is 1.87. The van der Waals surface area contributed by atoms with Gasteiger partial charge >= 0.3 is 0 Å². The summed E-state index contributed by atoms with van der Waals surface area (Å²) in [7, 11) is 0. The minimum atomic E-state index is -0.765. The largest absolute Gasteiger partial charge is 0.337 e. The van der Waals surface area contributed by atoms with Crippen LogP contribution in [0.3, 0.4) is 0 Å². The van der Waals surface area contributed by atoms with E-state index in [4.69, 9.17) is 0 Å². The molecule has 1 heterocycles. The summed E-state index contributed by atoms with van der Waals surface area (Å²) in [6.07, 6.45) is 4.40. The zero-order valence-corrected chi connectivity index (χ0v) is 18.1. The van der Waals surface area contributed by atoms with Crippen LogP contribution in [0.1, 0.15) is 52.9 Å². The number of nitrogens with zero attached hydrogens (tertiary/aromatic N) is 3. The minimum absolute atomic E-state index is 0.0832. The molecule has 1 saturated carbocycles. The molecule has 0 aliphatic heterocycles. The molecule has 0 radical (unpaired) electrons. The second-order valence-electron chi connectivity index (χ2n) is 8.23. The first-order valence-corrected chi connectivity index (χ1v) is 11.1. The number of para-hydroxylation sites is 1. The predicted octanol–water partition coefficient (Wildman–Crippen LogP) is 3.88. The molecule has 0 bridgehead atoms. The Labute approximate surface area is 175 Å². The normalized spacial score (nSPS) is 17.1. The molecular formula is C22H28N4O2S. The van der Waals surface area contributed by atoms with Crippen LogP contribution in [0.15, 0.2) is 34.2 Å². The van der Waals surface area contributed by atoms with E-state index in [1.165, 1.54) is 11.8 Å². The fourth-order valence-corrected chi connectivity index (χ4v) is 4.65. The van der Waals surface area contributed by atoms with Crippen LogP contribution >= 0.6 is 11.8 Å². The SMILES string of the molecule is CC(C)Cn1c(S[C@H](C)C(=O)NC2(C#N)CCCCC2)nc2ccccc2c1=O. The number of carbonyl (C=O) groups is 1. The maximum Gasteiger partial charge on any atom is 0.262 e. The molecule has 1 atom stereocenters. The fraction of sp³-hybridized carbons (Fsp3) is 0.545. The van der Waals surface area contributed by atoms with Crippen LogP contribution in [0.5, 0.6) is 0 Å². The number of rotatable bonds is 6. The monoisotopic (exact) mass is 412 g/mol. The third-order valence-electron chi connectivity index (χ3n) is 5.31. The van der Waals surface area contributed by atoms with Gasteiger partial charge in [-0.2, -0.15) is 5.26 Å².